The molecule has 27 heavy (non-hydrogen) atoms. The largest absolute Gasteiger partial charge is 0.326 e. The lowest BCUT2D eigenvalue weighted by Crippen LogP contribution is -2.46. The molecule has 0 radical (unpaired) electrons. The third-order valence-electron chi connectivity index (χ3n) is 5.54. The van der Waals surface area contributed by atoms with Crippen molar-refractivity contribution in [3.05, 3.63) is 52.3 Å². The van der Waals surface area contributed by atoms with E-state index in [-0.39, 0.29) is 11.9 Å². The molecule has 3 heterocycles. The van der Waals surface area contributed by atoms with E-state index in [4.69, 9.17) is 10.7 Å². The van der Waals surface area contributed by atoms with Gasteiger partial charge in [0.15, 0.2) is 5.65 Å². The molecule has 6 nitrogen and oxygen atoms in total. The van der Waals surface area contributed by atoms with Crippen molar-refractivity contribution in [1.29, 1.82) is 0 Å². The molecular weight excluding hydrogens is 338 g/mol. The topological polar surface area (TPSA) is 77.0 Å². The Labute approximate surface area is 159 Å². The van der Waals surface area contributed by atoms with Crippen LogP contribution in [0.5, 0.6) is 0 Å². The van der Waals surface area contributed by atoms with Crippen LogP contribution in [0.15, 0.2) is 24.3 Å². The van der Waals surface area contributed by atoms with Gasteiger partial charge in [-0.05, 0) is 49.9 Å². The first-order valence-corrected chi connectivity index (χ1v) is 9.30. The number of amides is 1. The number of hydrogen-bond acceptors (Lipinski definition) is 4. The fraction of sp³-hybridized carbons (Fsp3) is 0.381. The Hall–Kier alpha value is -2.73. The average molecular weight is 363 g/mol. The van der Waals surface area contributed by atoms with Crippen LogP contribution in [0.4, 0.5) is 5.69 Å². The highest BCUT2D eigenvalue weighted by Gasteiger charge is 2.27. The summed E-state index contributed by atoms with van der Waals surface area (Å²) in [6.45, 7) is 6.56. The fourth-order valence-electron chi connectivity index (χ4n) is 4.23. The Morgan fingerprint density at radius 1 is 1.22 bits per heavy atom. The van der Waals surface area contributed by atoms with Crippen LogP contribution in [-0.2, 0) is 24.7 Å². The van der Waals surface area contributed by atoms with E-state index < -0.39 is 0 Å². The summed E-state index contributed by atoms with van der Waals surface area (Å²) in [6.07, 6.45) is 1.12. The summed E-state index contributed by atoms with van der Waals surface area (Å²) in [5.74, 6) is 0.0616. The maximum atomic E-state index is 13.2. The summed E-state index contributed by atoms with van der Waals surface area (Å²) >= 11 is 0. The minimum atomic E-state index is -0.0350. The summed E-state index contributed by atoms with van der Waals surface area (Å²) in [5.41, 5.74) is 13.1. The van der Waals surface area contributed by atoms with Crippen LogP contribution in [0.3, 0.4) is 0 Å². The summed E-state index contributed by atoms with van der Waals surface area (Å²) in [7, 11) is 1.90. The third-order valence-corrected chi connectivity index (χ3v) is 5.54. The van der Waals surface area contributed by atoms with Crippen molar-refractivity contribution in [3.8, 4) is 0 Å². The Balaban J connectivity index is 1.73. The lowest BCUT2D eigenvalue weighted by molar-refractivity contribution is -0.118. The van der Waals surface area contributed by atoms with E-state index in [0.29, 0.717) is 13.0 Å². The molecule has 1 amide bonds. The lowest BCUT2D eigenvalue weighted by Gasteiger charge is -2.33. The molecule has 4 rings (SSSR count). The van der Waals surface area contributed by atoms with Crippen molar-refractivity contribution in [2.75, 3.05) is 11.4 Å². The summed E-state index contributed by atoms with van der Waals surface area (Å²) in [4.78, 5) is 19.8. The number of nitrogens with zero attached hydrogens (tertiary/aromatic N) is 4. The van der Waals surface area contributed by atoms with Gasteiger partial charge in [0, 0.05) is 36.4 Å². The van der Waals surface area contributed by atoms with Crippen molar-refractivity contribution in [3.63, 3.8) is 0 Å². The van der Waals surface area contributed by atoms with Crippen LogP contribution in [0.1, 0.15) is 28.1 Å². The quantitative estimate of drug-likeness (QED) is 0.758. The van der Waals surface area contributed by atoms with E-state index in [0.717, 1.165) is 51.2 Å². The number of benzene rings is 1. The van der Waals surface area contributed by atoms with Gasteiger partial charge in [0.1, 0.15) is 0 Å². The van der Waals surface area contributed by atoms with Crippen LogP contribution < -0.4 is 10.6 Å². The van der Waals surface area contributed by atoms with E-state index in [1.165, 1.54) is 0 Å². The zero-order valence-electron chi connectivity index (χ0n) is 16.3. The highest BCUT2D eigenvalue weighted by atomic mass is 16.2. The smallest absolute Gasteiger partial charge is 0.231 e. The SMILES string of the molecule is Cc1nc2c(c(C)nn2C)c(C)c1CC(=O)N1CC(N)Cc2ccccc21. The number of rotatable bonds is 2. The summed E-state index contributed by atoms with van der Waals surface area (Å²) < 4.78 is 1.80. The first-order valence-electron chi connectivity index (χ1n) is 9.30. The molecule has 0 bridgehead atoms. The van der Waals surface area contributed by atoms with Crippen molar-refractivity contribution in [2.24, 2.45) is 12.8 Å². The van der Waals surface area contributed by atoms with Crippen molar-refractivity contribution >= 4 is 22.6 Å². The minimum Gasteiger partial charge on any atom is -0.326 e. The molecule has 140 valence electrons. The predicted octanol–water partition coefficient (Wildman–Crippen LogP) is 2.35. The maximum absolute atomic E-state index is 13.2. The number of carbonyl (C=O) groups excluding carboxylic acids is 1. The van der Waals surface area contributed by atoms with E-state index >= 15 is 0 Å². The van der Waals surface area contributed by atoms with Gasteiger partial charge < -0.3 is 10.6 Å². The molecule has 1 aliphatic heterocycles. The summed E-state index contributed by atoms with van der Waals surface area (Å²) in [6, 6.07) is 7.99. The Morgan fingerprint density at radius 2 is 1.96 bits per heavy atom. The first-order chi connectivity index (χ1) is 12.9. The van der Waals surface area contributed by atoms with Gasteiger partial charge in [0.25, 0.3) is 0 Å². The number of aromatic nitrogens is 3. The molecule has 0 aliphatic carbocycles. The Bertz CT molecular complexity index is 1050. The van der Waals surface area contributed by atoms with Crippen molar-refractivity contribution in [2.45, 2.75) is 39.7 Å². The van der Waals surface area contributed by atoms with Gasteiger partial charge in [0.2, 0.25) is 5.91 Å². The third kappa shape index (κ3) is 2.90. The minimum absolute atomic E-state index is 0.0350. The fourth-order valence-corrected chi connectivity index (χ4v) is 4.23. The number of para-hydroxylation sites is 1. The molecule has 0 saturated heterocycles. The van der Waals surface area contributed by atoms with Crippen molar-refractivity contribution in [1.82, 2.24) is 14.8 Å². The maximum Gasteiger partial charge on any atom is 0.231 e. The van der Waals surface area contributed by atoms with E-state index in [2.05, 4.69) is 18.1 Å². The molecule has 3 aromatic rings. The second-order valence-electron chi connectivity index (χ2n) is 7.48. The van der Waals surface area contributed by atoms with Gasteiger partial charge in [-0.15, -0.1) is 0 Å². The highest BCUT2D eigenvalue weighted by molar-refractivity contribution is 5.97. The van der Waals surface area contributed by atoms with Crippen LogP contribution in [0.2, 0.25) is 0 Å². The van der Waals surface area contributed by atoms with Gasteiger partial charge in [-0.3, -0.25) is 9.48 Å². The molecule has 0 spiro atoms. The number of aryl methyl sites for hydroxylation is 4. The zero-order valence-corrected chi connectivity index (χ0v) is 16.3. The highest BCUT2D eigenvalue weighted by Crippen LogP contribution is 2.29. The number of nitrogens with two attached hydrogens (primary N) is 1. The molecule has 0 saturated carbocycles. The molecular formula is C21H25N5O. The number of hydrogen-bond donors (Lipinski definition) is 1. The zero-order chi connectivity index (χ0) is 19.3. The molecule has 1 aliphatic rings. The Kier molecular flexibility index (Phi) is 4.23. The van der Waals surface area contributed by atoms with Crippen LogP contribution >= 0.6 is 0 Å². The first kappa shape index (κ1) is 17.7. The second-order valence-corrected chi connectivity index (χ2v) is 7.48. The van der Waals surface area contributed by atoms with E-state index in [9.17, 15) is 4.79 Å². The van der Waals surface area contributed by atoms with Gasteiger partial charge in [-0.2, -0.15) is 5.10 Å². The number of pyridine rings is 1. The average Bonchev–Trinajstić information content (AvgIpc) is 2.91. The van der Waals surface area contributed by atoms with Gasteiger partial charge in [-0.25, -0.2) is 4.98 Å². The van der Waals surface area contributed by atoms with Gasteiger partial charge in [0.05, 0.1) is 12.1 Å². The second kappa shape index (κ2) is 6.46. The number of fused-ring (bicyclic) bond motifs is 2. The molecule has 1 atom stereocenters. The number of anilines is 1. The molecule has 1 aromatic carbocycles. The monoisotopic (exact) mass is 363 g/mol. The molecule has 1 unspecified atom stereocenters. The van der Waals surface area contributed by atoms with Crippen molar-refractivity contribution < 1.29 is 4.79 Å². The Morgan fingerprint density at radius 3 is 2.74 bits per heavy atom. The van der Waals surface area contributed by atoms with Crippen LogP contribution in [0, 0.1) is 20.8 Å². The molecule has 6 heteroatoms. The van der Waals surface area contributed by atoms with E-state index in [1.54, 1.807) is 4.68 Å². The van der Waals surface area contributed by atoms with Gasteiger partial charge in [-0.1, -0.05) is 18.2 Å². The van der Waals surface area contributed by atoms with Gasteiger partial charge >= 0.3 is 0 Å². The molecule has 2 N–H and O–H groups in total. The summed E-state index contributed by atoms with van der Waals surface area (Å²) in [5, 5.41) is 5.53. The predicted molar refractivity (Wildman–Crippen MR) is 107 cm³/mol. The lowest BCUT2D eigenvalue weighted by atomic mass is 9.96. The standard InChI is InChI=1S/C21H25N5O/c1-12-17(13(2)23-21-20(12)14(3)24-25(21)4)10-19(27)26-11-16(22)9-15-7-5-6-8-18(15)26/h5-8,16H,9-11,22H2,1-4H3. The van der Waals surface area contributed by atoms with Crippen LogP contribution in [0.25, 0.3) is 11.0 Å². The normalized spacial score (nSPS) is 16.6. The molecule has 2 aromatic heterocycles. The van der Waals surface area contributed by atoms with E-state index in [1.807, 2.05) is 44.0 Å². The molecule has 0 fully saturated rings. The number of carbonyl (C=O) groups is 1. The van der Waals surface area contributed by atoms with Crippen LogP contribution in [-0.4, -0.2) is 33.3 Å².